The van der Waals surface area contributed by atoms with E-state index in [4.69, 9.17) is 9.47 Å². The van der Waals surface area contributed by atoms with E-state index in [1.807, 2.05) is 13.0 Å². The molecule has 116 valence electrons. The van der Waals surface area contributed by atoms with Crippen LogP contribution in [0.5, 0.6) is 11.5 Å². The number of hydrogen-bond acceptors (Lipinski definition) is 7. The maximum Gasteiger partial charge on any atom is 0.231 e. The van der Waals surface area contributed by atoms with Crippen molar-refractivity contribution in [3.05, 3.63) is 28.8 Å². The van der Waals surface area contributed by atoms with Crippen LogP contribution in [0.4, 0.5) is 5.13 Å². The van der Waals surface area contributed by atoms with E-state index in [1.54, 1.807) is 11.3 Å². The minimum Gasteiger partial charge on any atom is -0.454 e. The van der Waals surface area contributed by atoms with Gasteiger partial charge in [-0.25, -0.2) is 0 Å². The lowest BCUT2D eigenvalue weighted by atomic mass is 10.1. The number of piperazine rings is 1. The molecular formula is C15H18N4O2S. The van der Waals surface area contributed by atoms with Crippen LogP contribution in [-0.4, -0.2) is 48.1 Å². The first-order valence-corrected chi connectivity index (χ1v) is 8.25. The molecule has 0 unspecified atom stereocenters. The smallest absolute Gasteiger partial charge is 0.231 e. The summed E-state index contributed by atoms with van der Waals surface area (Å²) in [4.78, 5) is 4.78. The van der Waals surface area contributed by atoms with Crippen LogP contribution in [0.1, 0.15) is 10.6 Å². The quantitative estimate of drug-likeness (QED) is 0.861. The lowest BCUT2D eigenvalue weighted by molar-refractivity contribution is 0.174. The Morgan fingerprint density at radius 1 is 1.09 bits per heavy atom. The van der Waals surface area contributed by atoms with Gasteiger partial charge in [0.05, 0.1) is 0 Å². The zero-order valence-corrected chi connectivity index (χ0v) is 13.3. The largest absolute Gasteiger partial charge is 0.454 e. The Morgan fingerprint density at radius 2 is 1.91 bits per heavy atom. The molecule has 2 aliphatic heterocycles. The summed E-state index contributed by atoms with van der Waals surface area (Å²) in [5.41, 5.74) is 1.27. The molecule has 0 spiro atoms. The summed E-state index contributed by atoms with van der Waals surface area (Å²) < 4.78 is 10.8. The predicted molar refractivity (Wildman–Crippen MR) is 84.7 cm³/mol. The van der Waals surface area contributed by atoms with Gasteiger partial charge in [-0.2, -0.15) is 0 Å². The Labute approximate surface area is 133 Å². The summed E-state index contributed by atoms with van der Waals surface area (Å²) in [7, 11) is 0. The molecule has 0 bridgehead atoms. The molecule has 0 aliphatic carbocycles. The Morgan fingerprint density at radius 3 is 2.68 bits per heavy atom. The van der Waals surface area contributed by atoms with Gasteiger partial charge < -0.3 is 14.4 Å². The second-order valence-electron chi connectivity index (χ2n) is 5.55. The van der Waals surface area contributed by atoms with Gasteiger partial charge >= 0.3 is 0 Å². The summed E-state index contributed by atoms with van der Waals surface area (Å²) >= 11 is 1.67. The van der Waals surface area contributed by atoms with Crippen molar-refractivity contribution in [3.63, 3.8) is 0 Å². The molecule has 2 aromatic rings. The Balaban J connectivity index is 1.36. The SMILES string of the molecule is Cc1nnc(N2CCN(Cc3ccc4c(c3)OCO4)CC2)s1. The van der Waals surface area contributed by atoms with Crippen LogP contribution in [0.3, 0.4) is 0 Å². The third kappa shape index (κ3) is 2.74. The number of fused-ring (bicyclic) bond motifs is 1. The number of aromatic nitrogens is 2. The molecule has 0 saturated carbocycles. The van der Waals surface area contributed by atoms with Crippen LogP contribution in [0.25, 0.3) is 0 Å². The summed E-state index contributed by atoms with van der Waals surface area (Å²) in [5, 5.41) is 10.4. The predicted octanol–water partition coefficient (Wildman–Crippen LogP) is 1.90. The van der Waals surface area contributed by atoms with Gasteiger partial charge in [0.1, 0.15) is 5.01 Å². The van der Waals surface area contributed by atoms with Crippen molar-refractivity contribution < 1.29 is 9.47 Å². The van der Waals surface area contributed by atoms with Gasteiger partial charge in [-0.05, 0) is 24.6 Å². The normalized spacial score (nSPS) is 18.0. The highest BCUT2D eigenvalue weighted by molar-refractivity contribution is 7.15. The fraction of sp³-hybridized carbons (Fsp3) is 0.467. The van der Waals surface area contributed by atoms with Gasteiger partial charge in [-0.3, -0.25) is 4.90 Å². The highest BCUT2D eigenvalue weighted by Gasteiger charge is 2.20. The van der Waals surface area contributed by atoms with E-state index in [0.717, 1.165) is 54.4 Å². The molecule has 1 saturated heterocycles. The number of ether oxygens (including phenoxy) is 2. The van der Waals surface area contributed by atoms with Crippen LogP contribution in [0, 0.1) is 6.92 Å². The van der Waals surface area contributed by atoms with Crippen LogP contribution in [0.15, 0.2) is 18.2 Å². The zero-order chi connectivity index (χ0) is 14.9. The standard InChI is InChI=1S/C15H18N4O2S/c1-11-16-17-15(22-11)19-6-4-18(5-7-19)9-12-2-3-13-14(8-12)21-10-20-13/h2-3,8H,4-7,9-10H2,1H3. The van der Waals surface area contributed by atoms with Crippen molar-refractivity contribution in [2.24, 2.45) is 0 Å². The van der Waals surface area contributed by atoms with Gasteiger partial charge in [0.15, 0.2) is 11.5 Å². The second kappa shape index (κ2) is 5.73. The van der Waals surface area contributed by atoms with Crippen molar-refractivity contribution in [2.45, 2.75) is 13.5 Å². The van der Waals surface area contributed by atoms with Crippen LogP contribution >= 0.6 is 11.3 Å². The average Bonchev–Trinajstić information content (AvgIpc) is 3.16. The zero-order valence-electron chi connectivity index (χ0n) is 12.5. The maximum atomic E-state index is 5.44. The summed E-state index contributed by atoms with van der Waals surface area (Å²) in [6.45, 7) is 7.34. The molecule has 0 N–H and O–H groups in total. The molecule has 0 atom stereocenters. The minimum absolute atomic E-state index is 0.332. The first kappa shape index (κ1) is 13.8. The van der Waals surface area contributed by atoms with E-state index < -0.39 is 0 Å². The van der Waals surface area contributed by atoms with Gasteiger partial charge in [0.2, 0.25) is 11.9 Å². The van der Waals surface area contributed by atoms with Gasteiger partial charge in [0, 0.05) is 32.7 Å². The summed E-state index contributed by atoms with van der Waals surface area (Å²) in [5.74, 6) is 1.71. The number of anilines is 1. The molecular weight excluding hydrogens is 300 g/mol. The number of aryl methyl sites for hydroxylation is 1. The molecule has 22 heavy (non-hydrogen) atoms. The first-order chi connectivity index (χ1) is 10.8. The van der Waals surface area contributed by atoms with Crippen molar-refractivity contribution in [1.29, 1.82) is 0 Å². The Hall–Kier alpha value is -1.86. The van der Waals surface area contributed by atoms with Gasteiger partial charge in [-0.1, -0.05) is 17.4 Å². The lowest BCUT2D eigenvalue weighted by Crippen LogP contribution is -2.45. The molecule has 7 heteroatoms. The Bertz CT molecular complexity index is 667. The molecule has 3 heterocycles. The lowest BCUT2D eigenvalue weighted by Gasteiger charge is -2.34. The number of nitrogens with zero attached hydrogens (tertiary/aromatic N) is 4. The number of hydrogen-bond donors (Lipinski definition) is 0. The van der Waals surface area contributed by atoms with Crippen molar-refractivity contribution in [1.82, 2.24) is 15.1 Å². The third-order valence-electron chi connectivity index (χ3n) is 4.00. The van der Waals surface area contributed by atoms with Crippen molar-refractivity contribution in [3.8, 4) is 11.5 Å². The minimum atomic E-state index is 0.332. The molecule has 6 nitrogen and oxygen atoms in total. The summed E-state index contributed by atoms with van der Waals surface area (Å²) in [6, 6.07) is 6.20. The van der Waals surface area contributed by atoms with Crippen LogP contribution in [-0.2, 0) is 6.54 Å². The molecule has 1 aromatic carbocycles. The van der Waals surface area contributed by atoms with E-state index in [0.29, 0.717) is 6.79 Å². The second-order valence-corrected chi connectivity index (χ2v) is 6.71. The van der Waals surface area contributed by atoms with Crippen molar-refractivity contribution in [2.75, 3.05) is 37.9 Å². The Kier molecular flexibility index (Phi) is 3.59. The number of benzene rings is 1. The van der Waals surface area contributed by atoms with E-state index in [-0.39, 0.29) is 0 Å². The third-order valence-corrected chi connectivity index (χ3v) is 4.90. The van der Waals surface area contributed by atoms with E-state index in [1.165, 1.54) is 5.56 Å². The molecule has 0 amide bonds. The van der Waals surface area contributed by atoms with E-state index in [2.05, 4.69) is 32.1 Å². The topological polar surface area (TPSA) is 50.7 Å². The highest BCUT2D eigenvalue weighted by Crippen LogP contribution is 2.33. The van der Waals surface area contributed by atoms with Gasteiger partial charge in [-0.15, -0.1) is 10.2 Å². The number of rotatable bonds is 3. The molecule has 4 rings (SSSR count). The highest BCUT2D eigenvalue weighted by atomic mass is 32.1. The fourth-order valence-corrected chi connectivity index (χ4v) is 3.55. The molecule has 0 radical (unpaired) electrons. The maximum absolute atomic E-state index is 5.44. The van der Waals surface area contributed by atoms with Crippen LogP contribution in [0.2, 0.25) is 0 Å². The van der Waals surface area contributed by atoms with Crippen LogP contribution < -0.4 is 14.4 Å². The first-order valence-electron chi connectivity index (χ1n) is 7.44. The fourth-order valence-electron chi connectivity index (χ4n) is 2.81. The van der Waals surface area contributed by atoms with E-state index >= 15 is 0 Å². The molecule has 2 aliphatic rings. The molecule has 1 fully saturated rings. The van der Waals surface area contributed by atoms with Crippen molar-refractivity contribution >= 4 is 16.5 Å². The monoisotopic (exact) mass is 318 g/mol. The van der Waals surface area contributed by atoms with E-state index in [9.17, 15) is 0 Å². The van der Waals surface area contributed by atoms with Gasteiger partial charge in [0.25, 0.3) is 0 Å². The summed E-state index contributed by atoms with van der Waals surface area (Å²) in [6.07, 6.45) is 0. The average molecular weight is 318 g/mol. The molecule has 1 aromatic heterocycles.